The maximum atomic E-state index is 12.3. The molecule has 1 aromatic carbocycles. The molecule has 0 radical (unpaired) electrons. The number of rotatable bonds is 7. The lowest BCUT2D eigenvalue weighted by Gasteiger charge is -2.25. The molecule has 0 aliphatic rings. The maximum Gasteiger partial charge on any atom is 0.224 e. The van der Waals surface area contributed by atoms with Crippen molar-refractivity contribution in [2.75, 3.05) is 14.2 Å². The van der Waals surface area contributed by atoms with Gasteiger partial charge in [0.2, 0.25) is 5.91 Å². The van der Waals surface area contributed by atoms with Gasteiger partial charge in [-0.2, -0.15) is 5.10 Å². The molecule has 0 spiro atoms. The predicted molar refractivity (Wildman–Crippen MR) is 90.5 cm³/mol. The number of carbonyl (C=O) groups is 1. The number of nitrogens with zero attached hydrogens (tertiary/aromatic N) is 3. The second kappa shape index (κ2) is 7.81. The Morgan fingerprint density at radius 3 is 2.61 bits per heavy atom. The van der Waals surface area contributed by atoms with Crippen molar-refractivity contribution in [3.8, 4) is 5.75 Å². The summed E-state index contributed by atoms with van der Waals surface area (Å²) < 4.78 is 6.98. The Kier molecular flexibility index (Phi) is 5.79. The summed E-state index contributed by atoms with van der Waals surface area (Å²) in [6, 6.07) is 8.13. The molecule has 1 atom stereocenters. The highest BCUT2D eigenvalue weighted by Crippen LogP contribution is 2.14. The molecule has 1 aromatic heterocycles. The second-order valence-corrected chi connectivity index (χ2v) is 5.94. The lowest BCUT2D eigenvalue weighted by atomic mass is 10.1. The zero-order chi connectivity index (χ0) is 16.8. The van der Waals surface area contributed by atoms with Gasteiger partial charge in [0, 0.05) is 32.3 Å². The summed E-state index contributed by atoms with van der Waals surface area (Å²) in [7, 11) is 3.52. The molecule has 124 valence electrons. The molecule has 0 bridgehead atoms. The molecule has 5 nitrogen and oxygen atoms in total. The van der Waals surface area contributed by atoms with Gasteiger partial charge in [0.1, 0.15) is 5.75 Å². The molecule has 23 heavy (non-hydrogen) atoms. The van der Waals surface area contributed by atoms with Crippen molar-refractivity contribution in [1.29, 1.82) is 0 Å². The smallest absolute Gasteiger partial charge is 0.224 e. The van der Waals surface area contributed by atoms with Crippen molar-refractivity contribution >= 4 is 5.91 Å². The monoisotopic (exact) mass is 315 g/mol. The van der Waals surface area contributed by atoms with Gasteiger partial charge in [0.15, 0.2) is 0 Å². The van der Waals surface area contributed by atoms with Gasteiger partial charge in [-0.3, -0.25) is 9.48 Å². The molecular formula is C18H25N3O2. The highest BCUT2D eigenvalue weighted by Gasteiger charge is 2.16. The van der Waals surface area contributed by atoms with Crippen molar-refractivity contribution in [2.24, 2.45) is 0 Å². The van der Waals surface area contributed by atoms with Crippen LogP contribution in [0.15, 0.2) is 36.7 Å². The van der Waals surface area contributed by atoms with E-state index in [1.807, 2.05) is 54.0 Å². The second-order valence-electron chi connectivity index (χ2n) is 5.94. The minimum Gasteiger partial charge on any atom is -0.497 e. The first kappa shape index (κ1) is 17.1. The quantitative estimate of drug-likeness (QED) is 0.789. The van der Waals surface area contributed by atoms with Crippen molar-refractivity contribution in [3.05, 3.63) is 47.8 Å². The van der Waals surface area contributed by atoms with E-state index in [9.17, 15) is 4.79 Å². The van der Waals surface area contributed by atoms with Gasteiger partial charge >= 0.3 is 0 Å². The van der Waals surface area contributed by atoms with Crippen LogP contribution in [-0.4, -0.2) is 40.8 Å². The maximum absolute atomic E-state index is 12.3. The van der Waals surface area contributed by atoms with Crippen molar-refractivity contribution in [1.82, 2.24) is 14.7 Å². The van der Waals surface area contributed by atoms with Crippen LogP contribution in [0, 0.1) is 6.92 Å². The average molecular weight is 315 g/mol. The van der Waals surface area contributed by atoms with Crippen molar-refractivity contribution in [3.63, 3.8) is 0 Å². The van der Waals surface area contributed by atoms with Crippen molar-refractivity contribution < 1.29 is 9.53 Å². The first-order valence-electron chi connectivity index (χ1n) is 7.87. The Balaban J connectivity index is 1.84. The lowest BCUT2D eigenvalue weighted by Crippen LogP contribution is -2.36. The Labute approximate surface area is 137 Å². The number of benzene rings is 1. The highest BCUT2D eigenvalue weighted by molar-refractivity contribution is 5.76. The van der Waals surface area contributed by atoms with Crippen LogP contribution in [0.2, 0.25) is 0 Å². The number of carbonyl (C=O) groups excluding carboxylic acids is 1. The molecule has 2 rings (SSSR count). The lowest BCUT2D eigenvalue weighted by molar-refractivity contribution is -0.131. The Morgan fingerprint density at radius 1 is 1.35 bits per heavy atom. The molecular weight excluding hydrogens is 290 g/mol. The van der Waals surface area contributed by atoms with E-state index in [0.29, 0.717) is 13.0 Å². The van der Waals surface area contributed by atoms with Crippen LogP contribution in [0.5, 0.6) is 5.75 Å². The molecule has 0 N–H and O–H groups in total. The molecule has 0 aliphatic carbocycles. The number of likely N-dealkylation sites (N-methyl/N-ethyl adjacent to an activating group) is 1. The van der Waals surface area contributed by atoms with E-state index in [4.69, 9.17) is 4.74 Å². The molecule has 0 unspecified atom stereocenters. The van der Waals surface area contributed by atoms with Gasteiger partial charge in [-0.25, -0.2) is 0 Å². The third-order valence-corrected chi connectivity index (χ3v) is 4.06. The fourth-order valence-corrected chi connectivity index (χ4v) is 2.46. The third-order valence-electron chi connectivity index (χ3n) is 4.06. The van der Waals surface area contributed by atoms with Gasteiger partial charge in [-0.1, -0.05) is 12.1 Å². The summed E-state index contributed by atoms with van der Waals surface area (Å²) in [6.45, 7) is 4.68. The number of methoxy groups -OCH3 is 1. The number of amides is 1. The fourth-order valence-electron chi connectivity index (χ4n) is 2.46. The topological polar surface area (TPSA) is 47.4 Å². The van der Waals surface area contributed by atoms with E-state index < -0.39 is 0 Å². The van der Waals surface area contributed by atoms with Gasteiger partial charge in [-0.05, 0) is 43.5 Å². The average Bonchev–Trinajstić information content (AvgIpc) is 2.98. The minimum atomic E-state index is 0.138. The first-order valence-corrected chi connectivity index (χ1v) is 7.87. The highest BCUT2D eigenvalue weighted by atomic mass is 16.5. The summed E-state index contributed by atoms with van der Waals surface area (Å²) in [6.07, 6.45) is 5.05. The van der Waals surface area contributed by atoms with Gasteiger partial charge in [0.05, 0.1) is 13.3 Å². The summed E-state index contributed by atoms with van der Waals surface area (Å²) in [5, 5.41) is 4.21. The molecule has 5 heteroatoms. The van der Waals surface area contributed by atoms with Crippen LogP contribution in [-0.2, 0) is 17.8 Å². The summed E-state index contributed by atoms with van der Waals surface area (Å²) in [5.41, 5.74) is 2.30. The normalized spacial score (nSPS) is 12.0. The van der Waals surface area contributed by atoms with E-state index in [2.05, 4.69) is 12.0 Å². The number of aromatic nitrogens is 2. The molecule has 0 aliphatic heterocycles. The van der Waals surface area contributed by atoms with Gasteiger partial charge in [-0.15, -0.1) is 0 Å². The fraction of sp³-hybridized carbons (Fsp3) is 0.444. The number of ether oxygens (including phenoxy) is 1. The van der Waals surface area contributed by atoms with Crippen LogP contribution in [0.3, 0.4) is 0 Å². The van der Waals surface area contributed by atoms with Crippen LogP contribution in [0.4, 0.5) is 0 Å². The van der Waals surface area contributed by atoms with Crippen LogP contribution in [0.1, 0.15) is 24.5 Å². The van der Waals surface area contributed by atoms with Gasteiger partial charge in [0.25, 0.3) is 0 Å². The van der Waals surface area contributed by atoms with Crippen LogP contribution < -0.4 is 4.74 Å². The summed E-state index contributed by atoms with van der Waals surface area (Å²) >= 11 is 0. The molecule has 0 saturated carbocycles. The summed E-state index contributed by atoms with van der Waals surface area (Å²) in [4.78, 5) is 14.1. The van der Waals surface area contributed by atoms with E-state index in [1.54, 1.807) is 13.3 Å². The molecule has 0 saturated heterocycles. The minimum absolute atomic E-state index is 0.138. The number of aryl methyl sites for hydroxylation is 2. The molecule has 1 amide bonds. The molecule has 1 heterocycles. The molecule has 0 fully saturated rings. The zero-order valence-electron chi connectivity index (χ0n) is 14.3. The third kappa shape index (κ3) is 4.84. The van der Waals surface area contributed by atoms with E-state index in [0.717, 1.165) is 17.7 Å². The number of hydrogen-bond donors (Lipinski definition) is 0. The van der Waals surface area contributed by atoms with E-state index in [-0.39, 0.29) is 11.9 Å². The van der Waals surface area contributed by atoms with Gasteiger partial charge < -0.3 is 9.64 Å². The first-order chi connectivity index (χ1) is 11.0. The standard InChI is InChI=1S/C18H25N3O2/c1-14-12-19-21(13-14)10-9-18(22)20(3)15(2)11-16-5-7-17(23-4)8-6-16/h5-8,12-13,15H,9-11H2,1-4H3/t15-/m0/s1. The largest absolute Gasteiger partial charge is 0.497 e. The Bertz CT molecular complexity index is 634. The molecule has 2 aromatic rings. The van der Waals surface area contributed by atoms with E-state index in [1.165, 1.54) is 5.56 Å². The van der Waals surface area contributed by atoms with Crippen LogP contribution >= 0.6 is 0 Å². The van der Waals surface area contributed by atoms with E-state index >= 15 is 0 Å². The predicted octanol–water partition coefficient (Wildman–Crippen LogP) is 2.68. The Morgan fingerprint density at radius 2 is 2.04 bits per heavy atom. The SMILES string of the molecule is COc1ccc(C[C@H](C)N(C)C(=O)CCn2cc(C)cn2)cc1. The van der Waals surface area contributed by atoms with Crippen LogP contribution in [0.25, 0.3) is 0 Å². The Hall–Kier alpha value is -2.30. The summed E-state index contributed by atoms with van der Waals surface area (Å²) in [5.74, 6) is 0.986. The number of hydrogen-bond acceptors (Lipinski definition) is 3. The van der Waals surface area contributed by atoms with Crippen molar-refractivity contribution in [2.45, 2.75) is 39.3 Å². The zero-order valence-corrected chi connectivity index (χ0v) is 14.3.